The summed E-state index contributed by atoms with van der Waals surface area (Å²) < 4.78 is 5.98. The quantitative estimate of drug-likeness (QED) is 0.872. The zero-order valence-corrected chi connectivity index (χ0v) is 12.2. The van der Waals surface area contributed by atoms with E-state index in [9.17, 15) is 0 Å². The summed E-state index contributed by atoms with van der Waals surface area (Å²) in [5.74, 6) is 1.47. The number of aromatic nitrogens is 1. The van der Waals surface area contributed by atoms with Crippen molar-refractivity contribution in [2.45, 2.75) is 39.3 Å². The number of para-hydroxylation sites is 1. The zero-order chi connectivity index (χ0) is 14.4. The molecule has 1 aromatic heterocycles. The van der Waals surface area contributed by atoms with Crippen molar-refractivity contribution in [3.8, 4) is 5.75 Å². The van der Waals surface area contributed by atoms with E-state index in [4.69, 9.17) is 10.5 Å². The molecule has 0 aliphatic rings. The molecule has 0 aliphatic carbocycles. The van der Waals surface area contributed by atoms with Gasteiger partial charge in [0.05, 0.1) is 5.69 Å². The molecule has 1 aromatic carbocycles. The molecule has 0 spiro atoms. The maximum Gasteiger partial charge on any atom is 0.123 e. The van der Waals surface area contributed by atoms with Crippen molar-refractivity contribution in [2.24, 2.45) is 5.73 Å². The second-order valence-corrected chi connectivity index (χ2v) is 5.00. The molecule has 0 saturated carbocycles. The summed E-state index contributed by atoms with van der Waals surface area (Å²) in [5, 5.41) is 0. The first-order valence-electron chi connectivity index (χ1n) is 7.10. The highest BCUT2D eigenvalue weighted by atomic mass is 16.5. The van der Waals surface area contributed by atoms with Gasteiger partial charge in [0, 0.05) is 12.7 Å². The molecule has 1 unspecified atom stereocenters. The number of nitrogens with zero attached hydrogens (tertiary/aromatic N) is 1. The molecule has 1 atom stereocenters. The largest absolute Gasteiger partial charge is 0.489 e. The Hall–Kier alpha value is -1.87. The molecule has 0 amide bonds. The van der Waals surface area contributed by atoms with E-state index < -0.39 is 0 Å². The van der Waals surface area contributed by atoms with Crippen molar-refractivity contribution in [1.29, 1.82) is 0 Å². The number of hydrogen-bond donors (Lipinski definition) is 1. The predicted octanol–water partition coefficient (Wildman–Crippen LogP) is 3.63. The average molecular weight is 270 g/mol. The number of benzene rings is 1. The topological polar surface area (TPSA) is 48.1 Å². The third kappa shape index (κ3) is 3.58. The first-order valence-corrected chi connectivity index (χ1v) is 7.10. The molecule has 2 N–H and O–H groups in total. The second-order valence-electron chi connectivity index (χ2n) is 5.00. The van der Waals surface area contributed by atoms with E-state index >= 15 is 0 Å². The van der Waals surface area contributed by atoms with E-state index in [0.29, 0.717) is 19.1 Å². The van der Waals surface area contributed by atoms with Crippen LogP contribution in [0.2, 0.25) is 0 Å². The second kappa shape index (κ2) is 7.06. The Morgan fingerprint density at radius 3 is 2.80 bits per heavy atom. The fourth-order valence-electron chi connectivity index (χ4n) is 2.13. The van der Waals surface area contributed by atoms with Gasteiger partial charge in [0.15, 0.2) is 0 Å². The Morgan fingerprint density at radius 1 is 1.25 bits per heavy atom. The van der Waals surface area contributed by atoms with Crippen molar-refractivity contribution in [2.75, 3.05) is 0 Å². The van der Waals surface area contributed by atoms with Crippen LogP contribution in [0, 0.1) is 0 Å². The van der Waals surface area contributed by atoms with Gasteiger partial charge in [-0.25, -0.2) is 0 Å². The summed E-state index contributed by atoms with van der Waals surface area (Å²) in [6.07, 6.45) is 2.88. The van der Waals surface area contributed by atoms with E-state index in [2.05, 4.69) is 31.0 Å². The van der Waals surface area contributed by atoms with Crippen LogP contribution in [0.25, 0.3) is 0 Å². The Bertz CT molecular complexity index is 554. The minimum absolute atomic E-state index is 0.456. The summed E-state index contributed by atoms with van der Waals surface area (Å²) in [5.41, 5.74) is 8.86. The van der Waals surface area contributed by atoms with Gasteiger partial charge in [-0.3, -0.25) is 4.98 Å². The van der Waals surface area contributed by atoms with Gasteiger partial charge in [-0.2, -0.15) is 0 Å². The van der Waals surface area contributed by atoms with Crippen LogP contribution in [0.1, 0.15) is 43.0 Å². The van der Waals surface area contributed by atoms with Gasteiger partial charge < -0.3 is 10.5 Å². The molecule has 0 saturated heterocycles. The van der Waals surface area contributed by atoms with E-state index in [-0.39, 0.29) is 0 Å². The molecule has 3 heteroatoms. The van der Waals surface area contributed by atoms with Crippen LogP contribution in [-0.4, -0.2) is 4.98 Å². The first kappa shape index (κ1) is 14.5. The van der Waals surface area contributed by atoms with Gasteiger partial charge >= 0.3 is 0 Å². The van der Waals surface area contributed by atoms with Crippen LogP contribution in [0.5, 0.6) is 5.75 Å². The molecular weight excluding hydrogens is 248 g/mol. The highest BCUT2D eigenvalue weighted by molar-refractivity contribution is 5.36. The highest BCUT2D eigenvalue weighted by Crippen LogP contribution is 2.28. The minimum atomic E-state index is 0.456. The summed E-state index contributed by atoms with van der Waals surface area (Å²) >= 11 is 0. The summed E-state index contributed by atoms with van der Waals surface area (Å²) in [6.45, 7) is 5.42. The van der Waals surface area contributed by atoms with Crippen molar-refractivity contribution in [1.82, 2.24) is 4.98 Å². The van der Waals surface area contributed by atoms with Crippen molar-refractivity contribution in [3.63, 3.8) is 0 Å². The molecular formula is C17H22N2O. The molecule has 0 radical (unpaired) electrons. The summed E-state index contributed by atoms with van der Waals surface area (Å²) in [6, 6.07) is 12.2. The van der Waals surface area contributed by atoms with Crippen molar-refractivity contribution >= 4 is 0 Å². The Kier molecular flexibility index (Phi) is 5.13. The molecule has 2 aromatic rings. The van der Waals surface area contributed by atoms with Crippen LogP contribution >= 0.6 is 0 Å². The molecule has 20 heavy (non-hydrogen) atoms. The lowest BCUT2D eigenvalue weighted by Crippen LogP contribution is -2.03. The highest BCUT2D eigenvalue weighted by Gasteiger charge is 2.09. The normalized spacial score (nSPS) is 12.2. The zero-order valence-electron chi connectivity index (χ0n) is 12.2. The lowest BCUT2D eigenvalue weighted by atomic mass is 9.98. The number of pyridine rings is 1. The molecule has 0 aliphatic heterocycles. The lowest BCUT2D eigenvalue weighted by Gasteiger charge is -2.15. The van der Waals surface area contributed by atoms with E-state index in [1.165, 1.54) is 5.56 Å². The minimum Gasteiger partial charge on any atom is -0.489 e. The van der Waals surface area contributed by atoms with Gasteiger partial charge in [0.2, 0.25) is 0 Å². The van der Waals surface area contributed by atoms with Gasteiger partial charge in [-0.1, -0.05) is 32.0 Å². The van der Waals surface area contributed by atoms with Crippen LogP contribution in [0.4, 0.5) is 0 Å². The SMILES string of the molecule is CCC(C)c1ccccc1OCc1ccnc(CN)c1. The van der Waals surface area contributed by atoms with Gasteiger partial charge in [-0.05, 0) is 41.7 Å². The van der Waals surface area contributed by atoms with E-state index in [1.54, 1.807) is 6.20 Å². The smallest absolute Gasteiger partial charge is 0.123 e. The van der Waals surface area contributed by atoms with Crippen LogP contribution < -0.4 is 10.5 Å². The van der Waals surface area contributed by atoms with Crippen LogP contribution in [-0.2, 0) is 13.2 Å². The lowest BCUT2D eigenvalue weighted by molar-refractivity contribution is 0.301. The van der Waals surface area contributed by atoms with E-state index in [1.807, 2.05) is 24.3 Å². The molecule has 2 rings (SSSR count). The fourth-order valence-corrected chi connectivity index (χ4v) is 2.13. The monoisotopic (exact) mass is 270 g/mol. The fraction of sp³-hybridized carbons (Fsp3) is 0.353. The Balaban J connectivity index is 2.10. The Labute approximate surface area is 120 Å². The van der Waals surface area contributed by atoms with Crippen molar-refractivity contribution in [3.05, 3.63) is 59.4 Å². The van der Waals surface area contributed by atoms with Crippen LogP contribution in [0.15, 0.2) is 42.6 Å². The van der Waals surface area contributed by atoms with Crippen molar-refractivity contribution < 1.29 is 4.74 Å². The number of ether oxygens (including phenoxy) is 1. The van der Waals surface area contributed by atoms with Gasteiger partial charge in [-0.15, -0.1) is 0 Å². The molecule has 1 heterocycles. The number of rotatable bonds is 6. The maximum atomic E-state index is 5.98. The first-order chi connectivity index (χ1) is 9.74. The van der Waals surface area contributed by atoms with Crippen LogP contribution in [0.3, 0.4) is 0 Å². The predicted molar refractivity (Wildman–Crippen MR) is 81.6 cm³/mol. The molecule has 0 fully saturated rings. The molecule has 3 nitrogen and oxygen atoms in total. The standard InChI is InChI=1S/C17H22N2O/c1-3-13(2)16-6-4-5-7-17(16)20-12-14-8-9-19-15(10-14)11-18/h4-10,13H,3,11-12,18H2,1-2H3. The molecule has 0 bridgehead atoms. The van der Waals surface area contributed by atoms with Gasteiger partial charge in [0.1, 0.15) is 12.4 Å². The third-order valence-electron chi connectivity index (χ3n) is 3.55. The average Bonchev–Trinajstić information content (AvgIpc) is 2.52. The van der Waals surface area contributed by atoms with Gasteiger partial charge in [0.25, 0.3) is 0 Å². The Morgan fingerprint density at radius 2 is 2.05 bits per heavy atom. The summed E-state index contributed by atoms with van der Waals surface area (Å²) in [7, 11) is 0. The third-order valence-corrected chi connectivity index (χ3v) is 3.55. The number of hydrogen-bond acceptors (Lipinski definition) is 3. The maximum absolute atomic E-state index is 5.98. The van der Waals surface area contributed by atoms with E-state index in [0.717, 1.165) is 23.4 Å². The number of nitrogens with two attached hydrogens (primary N) is 1. The molecule has 106 valence electrons. The summed E-state index contributed by atoms with van der Waals surface area (Å²) in [4.78, 5) is 4.19.